The van der Waals surface area contributed by atoms with E-state index in [9.17, 15) is 0 Å². The van der Waals surface area contributed by atoms with Gasteiger partial charge in [0.25, 0.3) is 0 Å². The molecule has 0 saturated carbocycles. The van der Waals surface area contributed by atoms with Crippen LogP contribution in [0, 0.1) is 0 Å². The van der Waals surface area contributed by atoms with Crippen molar-refractivity contribution in [3.05, 3.63) is 34.9 Å². The van der Waals surface area contributed by atoms with Crippen molar-refractivity contribution in [1.82, 2.24) is 20.0 Å². The highest BCUT2D eigenvalue weighted by Gasteiger charge is 2.17. The second-order valence-corrected chi connectivity index (χ2v) is 6.63. The van der Waals surface area contributed by atoms with Gasteiger partial charge < -0.3 is 10.2 Å². The molecule has 3 rings (SSSR count). The molecule has 0 aromatic heterocycles. The van der Waals surface area contributed by atoms with E-state index < -0.39 is 0 Å². The van der Waals surface area contributed by atoms with Gasteiger partial charge in [0, 0.05) is 58.9 Å². The molecule has 0 unspecified atom stereocenters. The maximum atomic E-state index is 3.42. The lowest BCUT2D eigenvalue weighted by Crippen LogP contribution is -2.47. The third kappa shape index (κ3) is 4.04. The summed E-state index contributed by atoms with van der Waals surface area (Å²) < 4.78 is 0. The van der Waals surface area contributed by atoms with Crippen LogP contribution in [0.2, 0.25) is 0 Å². The van der Waals surface area contributed by atoms with Crippen LogP contribution in [0.15, 0.2) is 18.2 Å². The minimum atomic E-state index is 1.04. The first kappa shape index (κ1) is 15.0. The highest BCUT2D eigenvalue weighted by Crippen LogP contribution is 2.18. The molecule has 0 spiro atoms. The van der Waals surface area contributed by atoms with E-state index in [0.29, 0.717) is 0 Å². The molecular formula is C17H28N4. The zero-order valence-electron chi connectivity index (χ0n) is 13.4. The van der Waals surface area contributed by atoms with Crippen LogP contribution in [0.25, 0.3) is 0 Å². The van der Waals surface area contributed by atoms with Gasteiger partial charge in [-0.2, -0.15) is 0 Å². The highest BCUT2D eigenvalue weighted by atomic mass is 15.3. The molecule has 1 saturated heterocycles. The Labute approximate surface area is 128 Å². The zero-order valence-corrected chi connectivity index (χ0v) is 13.4. The summed E-state index contributed by atoms with van der Waals surface area (Å²) in [6.45, 7) is 10.4. The Hall–Kier alpha value is -0.940. The lowest BCUT2D eigenvalue weighted by molar-refractivity contribution is 0.120. The van der Waals surface area contributed by atoms with Crippen molar-refractivity contribution in [3.8, 4) is 0 Å². The van der Waals surface area contributed by atoms with Gasteiger partial charge in [-0.15, -0.1) is 0 Å². The van der Waals surface area contributed by atoms with Crippen LogP contribution in [0.5, 0.6) is 0 Å². The number of hydrogen-bond acceptors (Lipinski definition) is 4. The molecule has 0 amide bonds. The number of nitrogens with zero attached hydrogens (tertiary/aromatic N) is 3. The van der Waals surface area contributed by atoms with Crippen molar-refractivity contribution in [2.24, 2.45) is 0 Å². The van der Waals surface area contributed by atoms with Gasteiger partial charge in [-0.25, -0.2) is 0 Å². The average molecular weight is 288 g/mol. The first-order valence-electron chi connectivity index (χ1n) is 8.11. The fraction of sp³-hybridized carbons (Fsp3) is 0.647. The van der Waals surface area contributed by atoms with Crippen LogP contribution in [0.1, 0.15) is 16.7 Å². The van der Waals surface area contributed by atoms with Gasteiger partial charge in [0.2, 0.25) is 0 Å². The maximum absolute atomic E-state index is 3.42. The highest BCUT2D eigenvalue weighted by molar-refractivity contribution is 5.34. The summed E-state index contributed by atoms with van der Waals surface area (Å²) in [6, 6.07) is 7.01. The van der Waals surface area contributed by atoms with Crippen molar-refractivity contribution in [3.63, 3.8) is 0 Å². The van der Waals surface area contributed by atoms with E-state index in [4.69, 9.17) is 0 Å². The molecule has 4 heteroatoms. The monoisotopic (exact) mass is 288 g/mol. The third-order valence-electron chi connectivity index (χ3n) is 4.64. The standard InChI is InChI=1S/C17H28N4/c1-19(2)5-6-20-7-9-21(10-8-20)14-15-3-4-16-12-18-13-17(16)11-15/h3-4,11,18H,5-10,12-14H2,1-2H3. The molecule has 1 aromatic rings. The van der Waals surface area contributed by atoms with E-state index in [-0.39, 0.29) is 0 Å². The van der Waals surface area contributed by atoms with Crippen molar-refractivity contribution in [2.75, 3.05) is 53.4 Å². The molecule has 116 valence electrons. The largest absolute Gasteiger partial charge is 0.309 e. The van der Waals surface area contributed by atoms with Gasteiger partial charge >= 0.3 is 0 Å². The van der Waals surface area contributed by atoms with E-state index in [1.54, 1.807) is 0 Å². The summed E-state index contributed by atoms with van der Waals surface area (Å²) in [5.74, 6) is 0. The molecule has 21 heavy (non-hydrogen) atoms. The quantitative estimate of drug-likeness (QED) is 0.871. The molecule has 1 aromatic carbocycles. The molecule has 0 atom stereocenters. The third-order valence-corrected chi connectivity index (χ3v) is 4.64. The average Bonchev–Trinajstić information content (AvgIpc) is 2.94. The van der Waals surface area contributed by atoms with Crippen molar-refractivity contribution in [1.29, 1.82) is 0 Å². The number of rotatable bonds is 5. The van der Waals surface area contributed by atoms with E-state index >= 15 is 0 Å². The molecule has 2 heterocycles. The second-order valence-electron chi connectivity index (χ2n) is 6.63. The van der Waals surface area contributed by atoms with Crippen LogP contribution < -0.4 is 5.32 Å². The minimum Gasteiger partial charge on any atom is -0.309 e. The predicted molar refractivity (Wildman–Crippen MR) is 87.3 cm³/mol. The number of piperazine rings is 1. The van der Waals surface area contributed by atoms with E-state index in [2.05, 4.69) is 52.3 Å². The Kier molecular flexibility index (Phi) is 4.91. The smallest absolute Gasteiger partial charge is 0.0234 e. The molecule has 1 N–H and O–H groups in total. The second kappa shape index (κ2) is 6.88. The predicted octanol–water partition coefficient (Wildman–Crippen LogP) is 0.969. The van der Waals surface area contributed by atoms with E-state index in [1.165, 1.54) is 49.4 Å². The van der Waals surface area contributed by atoms with Gasteiger partial charge in [-0.05, 0) is 30.8 Å². The maximum Gasteiger partial charge on any atom is 0.0234 e. The molecule has 0 bridgehead atoms. The Morgan fingerprint density at radius 1 is 1.00 bits per heavy atom. The number of fused-ring (bicyclic) bond motifs is 1. The molecule has 2 aliphatic rings. The summed E-state index contributed by atoms with van der Waals surface area (Å²) in [5, 5.41) is 3.42. The Morgan fingerprint density at radius 2 is 1.71 bits per heavy atom. The SMILES string of the molecule is CN(C)CCN1CCN(Cc2ccc3c(c2)CNC3)CC1. The Bertz CT molecular complexity index is 464. The first-order valence-corrected chi connectivity index (χ1v) is 8.11. The zero-order chi connectivity index (χ0) is 14.7. The van der Waals surface area contributed by atoms with Gasteiger partial charge in [-0.1, -0.05) is 18.2 Å². The summed E-state index contributed by atoms with van der Waals surface area (Å²) in [4.78, 5) is 7.45. The minimum absolute atomic E-state index is 1.04. The van der Waals surface area contributed by atoms with Gasteiger partial charge in [0.1, 0.15) is 0 Å². The number of nitrogens with one attached hydrogen (secondary N) is 1. The van der Waals surface area contributed by atoms with Gasteiger partial charge in [0.05, 0.1) is 0 Å². The van der Waals surface area contributed by atoms with Crippen molar-refractivity contribution >= 4 is 0 Å². The molecule has 1 fully saturated rings. The number of likely N-dealkylation sites (N-methyl/N-ethyl adjacent to an activating group) is 1. The van der Waals surface area contributed by atoms with Crippen molar-refractivity contribution in [2.45, 2.75) is 19.6 Å². The number of benzene rings is 1. The Morgan fingerprint density at radius 3 is 2.48 bits per heavy atom. The van der Waals surface area contributed by atoms with Gasteiger partial charge in [-0.3, -0.25) is 9.80 Å². The topological polar surface area (TPSA) is 21.8 Å². The van der Waals surface area contributed by atoms with Gasteiger partial charge in [0.15, 0.2) is 0 Å². The summed E-state index contributed by atoms with van der Waals surface area (Å²) in [6.07, 6.45) is 0. The lowest BCUT2D eigenvalue weighted by atomic mass is 10.1. The van der Waals surface area contributed by atoms with Crippen LogP contribution in [-0.4, -0.2) is 68.1 Å². The van der Waals surface area contributed by atoms with Crippen LogP contribution in [0.3, 0.4) is 0 Å². The Balaban J connectivity index is 1.47. The normalized spacial score (nSPS) is 20.1. The number of hydrogen-bond donors (Lipinski definition) is 1. The van der Waals surface area contributed by atoms with Crippen LogP contribution in [-0.2, 0) is 19.6 Å². The first-order chi connectivity index (χ1) is 10.2. The molecule has 4 nitrogen and oxygen atoms in total. The fourth-order valence-corrected chi connectivity index (χ4v) is 3.22. The summed E-state index contributed by atoms with van der Waals surface area (Å²) >= 11 is 0. The van der Waals surface area contributed by atoms with E-state index in [1.807, 2.05) is 0 Å². The van der Waals surface area contributed by atoms with Crippen LogP contribution in [0.4, 0.5) is 0 Å². The molecule has 2 aliphatic heterocycles. The van der Waals surface area contributed by atoms with Crippen molar-refractivity contribution < 1.29 is 0 Å². The van der Waals surface area contributed by atoms with Crippen LogP contribution >= 0.6 is 0 Å². The lowest BCUT2D eigenvalue weighted by Gasteiger charge is -2.35. The molecular weight excluding hydrogens is 260 g/mol. The summed E-state index contributed by atoms with van der Waals surface area (Å²) in [7, 11) is 4.30. The fourth-order valence-electron chi connectivity index (χ4n) is 3.22. The molecule has 0 aliphatic carbocycles. The molecule has 0 radical (unpaired) electrons. The summed E-state index contributed by atoms with van der Waals surface area (Å²) in [5.41, 5.74) is 4.45. The van der Waals surface area contributed by atoms with E-state index in [0.717, 1.165) is 26.2 Å².